The zero-order valence-electron chi connectivity index (χ0n) is 25.6. The van der Waals surface area contributed by atoms with Gasteiger partial charge in [0.2, 0.25) is 0 Å². The lowest BCUT2D eigenvalue weighted by Crippen LogP contribution is -2.09. The van der Waals surface area contributed by atoms with Gasteiger partial charge in [0, 0.05) is 30.4 Å². The minimum atomic E-state index is -0.0486. The number of ether oxygens (including phenoxy) is 1. The van der Waals surface area contributed by atoms with E-state index in [4.69, 9.17) is 9.72 Å². The number of benzene rings is 6. The summed E-state index contributed by atoms with van der Waals surface area (Å²) in [4.78, 5) is 20.2. The van der Waals surface area contributed by atoms with Crippen molar-refractivity contribution in [1.29, 1.82) is 0 Å². The van der Waals surface area contributed by atoms with Crippen LogP contribution in [0.5, 0.6) is 0 Å². The van der Waals surface area contributed by atoms with Crippen molar-refractivity contribution in [3.8, 4) is 55.9 Å². The first kappa shape index (κ1) is 27.9. The van der Waals surface area contributed by atoms with Crippen LogP contribution in [0.4, 0.5) is 0 Å². The normalized spacial score (nSPS) is 12.0. The summed E-state index contributed by atoms with van der Waals surface area (Å²) in [5.41, 5.74) is 12.7. The lowest BCUT2D eigenvalue weighted by atomic mass is 9.77. The number of carbonyl (C=O) groups is 1. The average molecular weight is 597 g/mol. The number of hydrogen-bond acceptors (Lipinski definition) is 3. The topological polar surface area (TPSA) is 44.1 Å². The molecule has 0 bridgehead atoms. The van der Waals surface area contributed by atoms with E-state index >= 15 is 0 Å². The Morgan fingerprint density at radius 3 is 1.50 bits per heavy atom. The summed E-state index contributed by atoms with van der Waals surface area (Å²) in [5.74, 6) is 0.643. The van der Waals surface area contributed by atoms with Crippen LogP contribution in [0.25, 0.3) is 66.9 Å². The SMILES string of the molecule is COCCCc1ccc2c(c1)nc1n2C(=O)c2c(-c3ccccc3)c(-c3ccccc3)c(-c3ccccc3)c(-c3ccccc3)c2-1. The van der Waals surface area contributed by atoms with E-state index in [1.165, 1.54) is 5.56 Å². The van der Waals surface area contributed by atoms with E-state index in [1.54, 1.807) is 7.11 Å². The molecule has 0 atom stereocenters. The molecule has 6 aromatic carbocycles. The predicted octanol–water partition coefficient (Wildman–Crippen LogP) is 9.95. The van der Waals surface area contributed by atoms with Gasteiger partial charge < -0.3 is 4.74 Å². The molecule has 7 aromatic rings. The molecule has 0 amide bonds. The lowest BCUT2D eigenvalue weighted by molar-refractivity contribution is 0.0974. The van der Waals surface area contributed by atoms with Crippen molar-refractivity contribution in [3.63, 3.8) is 0 Å². The Balaban J connectivity index is 1.54. The van der Waals surface area contributed by atoms with Crippen LogP contribution >= 0.6 is 0 Å². The van der Waals surface area contributed by atoms with Crippen molar-refractivity contribution in [2.75, 3.05) is 13.7 Å². The van der Waals surface area contributed by atoms with Crippen molar-refractivity contribution >= 4 is 16.9 Å². The van der Waals surface area contributed by atoms with Crippen molar-refractivity contribution in [3.05, 3.63) is 151 Å². The molecule has 0 radical (unpaired) electrons. The van der Waals surface area contributed by atoms with Gasteiger partial charge in [-0.3, -0.25) is 9.36 Å². The van der Waals surface area contributed by atoms with Crippen LogP contribution in [-0.2, 0) is 11.2 Å². The molecular formula is C42H32N2O2. The minimum Gasteiger partial charge on any atom is -0.385 e. The zero-order chi connectivity index (χ0) is 31.0. The van der Waals surface area contributed by atoms with Crippen LogP contribution in [-0.4, -0.2) is 29.2 Å². The second-order valence-electron chi connectivity index (χ2n) is 11.7. The van der Waals surface area contributed by atoms with Crippen LogP contribution in [0.1, 0.15) is 22.3 Å². The molecule has 0 aliphatic carbocycles. The number of nitrogens with zero attached hydrogens (tertiary/aromatic N) is 2. The number of aryl methyl sites for hydroxylation is 1. The Labute approximate surface area is 268 Å². The number of imidazole rings is 1. The van der Waals surface area contributed by atoms with Crippen LogP contribution in [0, 0.1) is 0 Å². The highest BCUT2D eigenvalue weighted by molar-refractivity contribution is 6.24. The molecule has 0 saturated carbocycles. The highest BCUT2D eigenvalue weighted by Gasteiger charge is 2.39. The quantitative estimate of drug-likeness (QED) is 0.164. The zero-order valence-corrected chi connectivity index (χ0v) is 25.6. The van der Waals surface area contributed by atoms with Gasteiger partial charge in [0.05, 0.1) is 16.6 Å². The molecule has 222 valence electrons. The fourth-order valence-corrected chi connectivity index (χ4v) is 6.95. The smallest absolute Gasteiger partial charge is 0.265 e. The third kappa shape index (κ3) is 4.58. The van der Waals surface area contributed by atoms with Crippen molar-refractivity contribution in [1.82, 2.24) is 9.55 Å². The Bertz CT molecular complexity index is 2200. The van der Waals surface area contributed by atoms with Gasteiger partial charge in [0.15, 0.2) is 0 Å². The molecular weight excluding hydrogens is 564 g/mol. The Morgan fingerprint density at radius 2 is 1.02 bits per heavy atom. The highest BCUT2D eigenvalue weighted by Crippen LogP contribution is 2.55. The van der Waals surface area contributed by atoms with E-state index in [0.29, 0.717) is 18.0 Å². The van der Waals surface area contributed by atoms with E-state index in [0.717, 1.165) is 73.9 Å². The van der Waals surface area contributed by atoms with Crippen LogP contribution in [0.3, 0.4) is 0 Å². The molecule has 0 spiro atoms. The van der Waals surface area contributed by atoms with Gasteiger partial charge in [-0.25, -0.2) is 4.98 Å². The van der Waals surface area contributed by atoms with Crippen molar-refractivity contribution in [2.24, 2.45) is 0 Å². The number of hydrogen-bond donors (Lipinski definition) is 0. The second-order valence-corrected chi connectivity index (χ2v) is 11.7. The lowest BCUT2D eigenvalue weighted by Gasteiger charge is -2.24. The van der Waals surface area contributed by atoms with Crippen molar-refractivity contribution < 1.29 is 9.53 Å². The monoisotopic (exact) mass is 596 g/mol. The predicted molar refractivity (Wildman–Crippen MR) is 187 cm³/mol. The van der Waals surface area contributed by atoms with Crippen LogP contribution in [0.15, 0.2) is 140 Å². The first-order valence-electron chi connectivity index (χ1n) is 15.8. The molecule has 2 heterocycles. The molecule has 0 unspecified atom stereocenters. The molecule has 0 saturated heterocycles. The van der Waals surface area contributed by atoms with E-state index < -0.39 is 0 Å². The molecule has 4 heteroatoms. The number of aromatic nitrogens is 2. The van der Waals surface area contributed by atoms with Gasteiger partial charge in [-0.1, -0.05) is 127 Å². The van der Waals surface area contributed by atoms with E-state index in [9.17, 15) is 4.79 Å². The summed E-state index contributed by atoms with van der Waals surface area (Å²) < 4.78 is 7.12. The maximum Gasteiger partial charge on any atom is 0.265 e. The molecule has 46 heavy (non-hydrogen) atoms. The summed E-state index contributed by atoms with van der Waals surface area (Å²) in [5, 5.41) is 0. The Kier molecular flexibility index (Phi) is 7.13. The average Bonchev–Trinajstić information content (AvgIpc) is 3.63. The molecule has 1 aliphatic rings. The molecule has 1 aromatic heterocycles. The standard InChI is InChI=1S/C42H32N2O2/c1-46-26-14-15-28-24-25-34-33(27-28)43-41-39-37(31-20-10-4-11-21-31)35(29-16-6-2-7-17-29)36(30-18-8-3-9-19-30)38(32-22-12-5-13-23-32)40(39)42(45)44(34)41/h2-13,16-25,27H,14-15,26H2,1H3. The van der Waals surface area contributed by atoms with Gasteiger partial charge in [-0.15, -0.1) is 0 Å². The van der Waals surface area contributed by atoms with Crippen LogP contribution < -0.4 is 0 Å². The second kappa shape index (κ2) is 11.7. The highest BCUT2D eigenvalue weighted by atomic mass is 16.5. The summed E-state index contributed by atoms with van der Waals surface area (Å²) in [6.07, 6.45) is 1.82. The largest absolute Gasteiger partial charge is 0.385 e. The van der Waals surface area contributed by atoms with E-state index in [2.05, 4.69) is 103 Å². The van der Waals surface area contributed by atoms with E-state index in [-0.39, 0.29) is 5.91 Å². The molecule has 0 fully saturated rings. The molecule has 1 aliphatic heterocycles. The maximum atomic E-state index is 15.0. The molecule has 8 rings (SSSR count). The fourth-order valence-electron chi connectivity index (χ4n) is 6.95. The number of methoxy groups -OCH3 is 1. The van der Waals surface area contributed by atoms with Gasteiger partial charge in [0.25, 0.3) is 5.91 Å². The summed E-state index contributed by atoms with van der Waals surface area (Å²) in [6, 6.07) is 48.1. The van der Waals surface area contributed by atoms with E-state index in [1.807, 2.05) is 41.0 Å². The first-order chi connectivity index (χ1) is 22.7. The van der Waals surface area contributed by atoms with Crippen LogP contribution in [0.2, 0.25) is 0 Å². The minimum absolute atomic E-state index is 0.0486. The Morgan fingerprint density at radius 1 is 0.565 bits per heavy atom. The third-order valence-corrected chi connectivity index (χ3v) is 8.92. The fraction of sp³-hybridized carbons (Fsp3) is 0.0952. The van der Waals surface area contributed by atoms with Crippen molar-refractivity contribution in [2.45, 2.75) is 12.8 Å². The van der Waals surface area contributed by atoms with Gasteiger partial charge >= 0.3 is 0 Å². The molecule has 4 nitrogen and oxygen atoms in total. The number of rotatable bonds is 8. The number of fused-ring (bicyclic) bond motifs is 5. The Hall–Kier alpha value is -5.58. The third-order valence-electron chi connectivity index (χ3n) is 8.92. The number of carbonyl (C=O) groups excluding carboxylic acids is 1. The maximum absolute atomic E-state index is 15.0. The molecule has 0 N–H and O–H groups in total. The summed E-state index contributed by atoms with van der Waals surface area (Å²) in [7, 11) is 1.73. The van der Waals surface area contributed by atoms with Gasteiger partial charge in [-0.2, -0.15) is 0 Å². The van der Waals surface area contributed by atoms with Gasteiger partial charge in [-0.05, 0) is 63.9 Å². The summed E-state index contributed by atoms with van der Waals surface area (Å²) >= 11 is 0. The van der Waals surface area contributed by atoms with Gasteiger partial charge in [0.1, 0.15) is 5.82 Å². The summed E-state index contributed by atoms with van der Waals surface area (Å²) in [6.45, 7) is 0.707. The first-order valence-corrected chi connectivity index (χ1v) is 15.8.